The average Bonchev–Trinajstić information content (AvgIpc) is 3.91. The van der Waals surface area contributed by atoms with Crippen molar-refractivity contribution < 1.29 is 13.9 Å². The largest absolute Gasteiger partial charge is 0.492 e. The van der Waals surface area contributed by atoms with Crippen LogP contribution in [0.1, 0.15) is 31.2 Å². The summed E-state index contributed by atoms with van der Waals surface area (Å²) in [6.45, 7) is 9.50. The number of pyridine rings is 2. The highest BCUT2D eigenvalue weighted by atomic mass is 19.1. The van der Waals surface area contributed by atoms with E-state index in [1.807, 2.05) is 24.3 Å². The van der Waals surface area contributed by atoms with Crippen molar-refractivity contribution in [2.75, 3.05) is 52.5 Å². The number of rotatable bonds is 11. The zero-order valence-electron chi connectivity index (χ0n) is 27.1. The van der Waals surface area contributed by atoms with Crippen LogP contribution in [0.4, 0.5) is 4.39 Å². The van der Waals surface area contributed by atoms with E-state index in [2.05, 4.69) is 49.0 Å². The van der Waals surface area contributed by atoms with Gasteiger partial charge in [-0.25, -0.2) is 9.37 Å². The Morgan fingerprint density at radius 1 is 0.771 bits per heavy atom. The number of nitrogens with one attached hydrogen (secondary N) is 2. The minimum absolute atomic E-state index is 0.382. The molecule has 4 aromatic heterocycles. The SMILES string of the molecule is Cc1cc(OCCN2CCCC2)cc(-c2cc3c(-c4nc5c(-c6cc(F)cc(OCCN7CCCC7)c6)nccc5[nH]4)n[nH]c3cn2)c1. The number of fused-ring (bicyclic) bond motifs is 2. The number of likely N-dealkylation sites (tertiary alicyclic amines) is 2. The number of aromatic nitrogens is 6. The maximum absolute atomic E-state index is 14.8. The molecule has 2 aliphatic rings. The number of halogens is 1. The second-order valence-corrected chi connectivity index (χ2v) is 12.8. The van der Waals surface area contributed by atoms with Gasteiger partial charge in [0.25, 0.3) is 0 Å². The molecule has 0 unspecified atom stereocenters. The van der Waals surface area contributed by atoms with Gasteiger partial charge in [-0.15, -0.1) is 0 Å². The van der Waals surface area contributed by atoms with Crippen LogP contribution < -0.4 is 9.47 Å². The quantitative estimate of drug-likeness (QED) is 0.162. The van der Waals surface area contributed by atoms with Gasteiger partial charge in [0.05, 0.1) is 28.6 Å². The molecular formula is C37H39FN8O2. The average molecular weight is 647 g/mol. The molecule has 2 N–H and O–H groups in total. The van der Waals surface area contributed by atoms with Gasteiger partial charge in [0.1, 0.15) is 41.7 Å². The highest BCUT2D eigenvalue weighted by Crippen LogP contribution is 2.34. The molecule has 2 aromatic carbocycles. The molecule has 0 amide bonds. The van der Waals surface area contributed by atoms with E-state index in [0.717, 1.165) is 78.3 Å². The predicted octanol–water partition coefficient (Wildman–Crippen LogP) is 6.63. The first-order chi connectivity index (χ1) is 23.6. The van der Waals surface area contributed by atoms with Gasteiger partial charge in [0.2, 0.25) is 0 Å². The third-order valence-electron chi connectivity index (χ3n) is 9.31. The number of aromatic amines is 2. The fraction of sp³-hybridized carbons (Fsp3) is 0.351. The maximum atomic E-state index is 14.8. The number of hydrogen-bond acceptors (Lipinski definition) is 8. The van der Waals surface area contributed by atoms with Crippen LogP contribution in [0.2, 0.25) is 0 Å². The van der Waals surface area contributed by atoms with E-state index in [-0.39, 0.29) is 5.82 Å². The standard InChI is InChI=1S/C37H39FN8O2/c1-24-16-25(19-28(17-24)47-14-12-45-8-2-3-9-45)32-22-30-33(23-40-32)43-44-35(30)37-41-31-6-7-39-34(36(31)42-37)26-18-27(38)21-29(20-26)48-15-13-46-10-4-5-11-46/h6-7,16-23H,2-5,8-15H2,1H3,(H,41,42)(H,43,44). The smallest absolute Gasteiger partial charge is 0.159 e. The Labute approximate surface area is 278 Å². The molecule has 246 valence electrons. The van der Waals surface area contributed by atoms with Crippen molar-refractivity contribution in [1.29, 1.82) is 0 Å². The Morgan fingerprint density at radius 2 is 1.48 bits per heavy atom. The van der Waals surface area contributed by atoms with Gasteiger partial charge < -0.3 is 14.5 Å². The lowest BCUT2D eigenvalue weighted by Crippen LogP contribution is -2.25. The lowest BCUT2D eigenvalue weighted by molar-refractivity contribution is 0.237. The molecule has 11 heteroatoms. The molecule has 2 saturated heterocycles. The fourth-order valence-corrected chi connectivity index (χ4v) is 6.87. The monoisotopic (exact) mass is 646 g/mol. The maximum Gasteiger partial charge on any atom is 0.159 e. The van der Waals surface area contributed by atoms with E-state index < -0.39 is 0 Å². The molecule has 2 aliphatic heterocycles. The Morgan fingerprint density at radius 3 is 2.23 bits per heavy atom. The van der Waals surface area contributed by atoms with E-state index in [1.54, 1.807) is 12.4 Å². The Balaban J connectivity index is 1.06. The van der Waals surface area contributed by atoms with E-state index >= 15 is 0 Å². The highest BCUT2D eigenvalue weighted by Gasteiger charge is 2.19. The number of H-pyrrole nitrogens is 2. The molecule has 6 heterocycles. The van der Waals surface area contributed by atoms with Gasteiger partial charge in [-0.1, -0.05) is 0 Å². The molecule has 0 spiro atoms. The highest BCUT2D eigenvalue weighted by molar-refractivity contribution is 5.97. The van der Waals surface area contributed by atoms with Crippen LogP contribution in [0.5, 0.6) is 11.5 Å². The Kier molecular flexibility index (Phi) is 8.46. The van der Waals surface area contributed by atoms with Crippen LogP contribution >= 0.6 is 0 Å². The lowest BCUT2D eigenvalue weighted by Gasteiger charge is -2.15. The number of ether oxygens (including phenoxy) is 2. The van der Waals surface area contributed by atoms with Crippen LogP contribution in [0.3, 0.4) is 0 Å². The van der Waals surface area contributed by atoms with Gasteiger partial charge in [-0.3, -0.25) is 24.9 Å². The predicted molar refractivity (Wildman–Crippen MR) is 185 cm³/mol. The molecule has 0 aliphatic carbocycles. The summed E-state index contributed by atoms with van der Waals surface area (Å²) in [5.41, 5.74) is 6.92. The second kappa shape index (κ2) is 13.3. The number of benzene rings is 2. The first-order valence-electron chi connectivity index (χ1n) is 16.9. The third kappa shape index (κ3) is 6.48. The molecule has 2 fully saturated rings. The summed E-state index contributed by atoms with van der Waals surface area (Å²) in [6, 6.07) is 14.8. The molecule has 0 bridgehead atoms. The summed E-state index contributed by atoms with van der Waals surface area (Å²) in [5.74, 6) is 1.52. The summed E-state index contributed by atoms with van der Waals surface area (Å²) in [4.78, 5) is 22.5. The summed E-state index contributed by atoms with van der Waals surface area (Å²) in [7, 11) is 0. The zero-order valence-corrected chi connectivity index (χ0v) is 27.1. The van der Waals surface area contributed by atoms with Crippen LogP contribution in [-0.4, -0.2) is 92.4 Å². The third-order valence-corrected chi connectivity index (χ3v) is 9.31. The minimum Gasteiger partial charge on any atom is -0.492 e. The van der Waals surface area contributed by atoms with Crippen molar-refractivity contribution in [3.8, 4) is 45.5 Å². The van der Waals surface area contributed by atoms with Gasteiger partial charge in [-0.2, -0.15) is 5.10 Å². The molecule has 10 nitrogen and oxygen atoms in total. The van der Waals surface area contributed by atoms with Crippen molar-refractivity contribution in [1.82, 2.24) is 39.9 Å². The van der Waals surface area contributed by atoms with Crippen LogP contribution in [-0.2, 0) is 0 Å². The van der Waals surface area contributed by atoms with Gasteiger partial charge >= 0.3 is 0 Å². The Bertz CT molecular complexity index is 2060. The van der Waals surface area contributed by atoms with Crippen molar-refractivity contribution in [2.45, 2.75) is 32.6 Å². The van der Waals surface area contributed by atoms with Crippen molar-refractivity contribution in [3.63, 3.8) is 0 Å². The van der Waals surface area contributed by atoms with Crippen molar-refractivity contribution in [2.24, 2.45) is 0 Å². The molecule has 6 aromatic rings. The molecule has 0 atom stereocenters. The van der Waals surface area contributed by atoms with E-state index in [0.29, 0.717) is 47.3 Å². The van der Waals surface area contributed by atoms with Gasteiger partial charge in [-0.05, 0) is 107 Å². The Hall–Kier alpha value is -4.87. The topological polar surface area (TPSA) is 108 Å². The number of aryl methyl sites for hydroxylation is 1. The summed E-state index contributed by atoms with van der Waals surface area (Å²) in [5, 5.41) is 8.59. The van der Waals surface area contributed by atoms with Crippen molar-refractivity contribution >= 4 is 21.9 Å². The fourth-order valence-electron chi connectivity index (χ4n) is 6.87. The number of imidazole rings is 1. The molecular weight excluding hydrogens is 607 g/mol. The lowest BCUT2D eigenvalue weighted by atomic mass is 10.1. The van der Waals surface area contributed by atoms with Gasteiger partial charge in [0, 0.05) is 41.9 Å². The van der Waals surface area contributed by atoms with E-state index in [1.165, 1.54) is 37.8 Å². The first-order valence-corrected chi connectivity index (χ1v) is 16.9. The van der Waals surface area contributed by atoms with Crippen LogP contribution in [0.15, 0.2) is 60.9 Å². The van der Waals surface area contributed by atoms with Crippen molar-refractivity contribution in [3.05, 3.63) is 72.3 Å². The first kappa shape index (κ1) is 30.5. The van der Waals surface area contributed by atoms with Gasteiger partial charge in [0.15, 0.2) is 5.82 Å². The summed E-state index contributed by atoms with van der Waals surface area (Å²) >= 11 is 0. The second-order valence-electron chi connectivity index (χ2n) is 12.8. The minimum atomic E-state index is -0.382. The van der Waals surface area contributed by atoms with E-state index in [4.69, 9.17) is 19.4 Å². The molecule has 0 radical (unpaired) electrons. The molecule has 8 rings (SSSR count). The zero-order chi connectivity index (χ0) is 32.5. The van der Waals surface area contributed by atoms with Crippen LogP contribution in [0, 0.1) is 12.7 Å². The number of hydrogen-bond donors (Lipinski definition) is 2. The number of nitrogens with zero attached hydrogens (tertiary/aromatic N) is 6. The molecule has 48 heavy (non-hydrogen) atoms. The summed E-state index contributed by atoms with van der Waals surface area (Å²) < 4.78 is 27.0. The van der Waals surface area contributed by atoms with E-state index in [9.17, 15) is 4.39 Å². The summed E-state index contributed by atoms with van der Waals surface area (Å²) in [6.07, 6.45) is 8.48. The normalized spacial score (nSPS) is 15.6. The van der Waals surface area contributed by atoms with Crippen LogP contribution in [0.25, 0.3) is 56.0 Å². The molecule has 0 saturated carbocycles.